The fourth-order valence-corrected chi connectivity index (χ4v) is 8.60. The standard InChI is InChI=1S/C24H31N5O2S/c1-15-7-22-21(24(27-26-22)19-11-25-28(2)12-19)10-20(15)16-8-17-13-29(14-18(17)9-16)23-5-3-4-6-32(23,30)31/h7,10-12,16-18,23H,3-6,8-9,13-14H2,1-2H3,(H,26,27)/t16?,17-,18+,23?. The van der Waals surface area contributed by atoms with Crippen LogP contribution in [0, 0.1) is 18.8 Å². The summed E-state index contributed by atoms with van der Waals surface area (Å²) in [5.74, 6) is 2.12. The van der Waals surface area contributed by atoms with E-state index in [2.05, 4.69) is 39.3 Å². The van der Waals surface area contributed by atoms with Crippen LogP contribution in [0.4, 0.5) is 0 Å². The van der Waals surface area contributed by atoms with Crippen LogP contribution in [0.15, 0.2) is 24.5 Å². The van der Waals surface area contributed by atoms with Crippen molar-refractivity contribution < 1.29 is 8.42 Å². The van der Waals surface area contributed by atoms with Gasteiger partial charge in [-0.15, -0.1) is 0 Å². The normalized spacial score (nSPS) is 30.2. The molecule has 3 aliphatic rings. The summed E-state index contributed by atoms with van der Waals surface area (Å²) in [6, 6.07) is 4.57. The minimum absolute atomic E-state index is 0.230. The summed E-state index contributed by atoms with van der Waals surface area (Å²) in [7, 11) is -1.03. The van der Waals surface area contributed by atoms with Gasteiger partial charge in [-0.05, 0) is 80.0 Å². The molecule has 2 aromatic heterocycles. The van der Waals surface area contributed by atoms with Crippen LogP contribution in [0.3, 0.4) is 0 Å². The number of aryl methyl sites for hydroxylation is 2. The first-order valence-electron chi connectivity index (χ1n) is 11.8. The third-order valence-electron chi connectivity index (χ3n) is 8.10. The molecule has 8 heteroatoms. The number of aromatic nitrogens is 4. The molecule has 32 heavy (non-hydrogen) atoms. The molecule has 3 aromatic rings. The van der Waals surface area contributed by atoms with Crippen LogP contribution in [-0.2, 0) is 16.9 Å². The highest BCUT2D eigenvalue weighted by Gasteiger charge is 2.46. The number of rotatable bonds is 3. The van der Waals surface area contributed by atoms with Gasteiger partial charge in [0, 0.05) is 37.3 Å². The molecule has 1 N–H and O–H groups in total. The van der Waals surface area contributed by atoms with Gasteiger partial charge in [-0.25, -0.2) is 8.42 Å². The lowest BCUT2D eigenvalue weighted by Gasteiger charge is -2.31. The lowest BCUT2D eigenvalue weighted by Crippen LogP contribution is -2.43. The molecular weight excluding hydrogens is 422 g/mol. The molecule has 4 heterocycles. The Morgan fingerprint density at radius 3 is 2.59 bits per heavy atom. The molecule has 4 atom stereocenters. The highest BCUT2D eigenvalue weighted by atomic mass is 32.2. The van der Waals surface area contributed by atoms with Crippen molar-refractivity contribution in [3.05, 3.63) is 35.7 Å². The average Bonchev–Trinajstić information content (AvgIpc) is 3.49. The molecule has 1 saturated carbocycles. The van der Waals surface area contributed by atoms with Gasteiger partial charge in [0.2, 0.25) is 0 Å². The molecule has 0 spiro atoms. The van der Waals surface area contributed by atoms with Crippen LogP contribution in [0.1, 0.15) is 49.1 Å². The molecule has 2 unspecified atom stereocenters. The second-order valence-corrected chi connectivity index (χ2v) is 12.5. The average molecular weight is 454 g/mol. The van der Waals surface area contributed by atoms with Gasteiger partial charge in [0.15, 0.2) is 9.84 Å². The fraction of sp³-hybridized carbons (Fsp3) is 0.583. The molecule has 3 fully saturated rings. The highest BCUT2D eigenvalue weighted by molar-refractivity contribution is 7.92. The number of hydrogen-bond acceptors (Lipinski definition) is 5. The summed E-state index contributed by atoms with van der Waals surface area (Å²) in [5.41, 5.74) is 5.80. The van der Waals surface area contributed by atoms with E-state index in [0.29, 0.717) is 23.5 Å². The van der Waals surface area contributed by atoms with Crippen molar-refractivity contribution in [3.63, 3.8) is 0 Å². The number of likely N-dealkylation sites (tertiary alicyclic amines) is 1. The number of nitrogens with one attached hydrogen (secondary N) is 1. The van der Waals surface area contributed by atoms with Crippen molar-refractivity contribution in [2.45, 2.75) is 50.3 Å². The molecule has 1 aliphatic carbocycles. The Morgan fingerprint density at radius 2 is 1.91 bits per heavy atom. The maximum Gasteiger partial charge on any atom is 0.166 e. The first kappa shape index (κ1) is 20.4. The third kappa shape index (κ3) is 3.30. The largest absolute Gasteiger partial charge is 0.287 e. The fourth-order valence-electron chi connectivity index (χ4n) is 6.57. The summed E-state index contributed by atoms with van der Waals surface area (Å²) in [6.07, 6.45) is 8.87. The van der Waals surface area contributed by atoms with Gasteiger partial charge < -0.3 is 0 Å². The van der Waals surface area contributed by atoms with Gasteiger partial charge >= 0.3 is 0 Å². The molecule has 0 amide bonds. The second kappa shape index (κ2) is 7.42. The quantitative estimate of drug-likeness (QED) is 0.655. The molecule has 170 valence electrons. The van der Waals surface area contributed by atoms with Gasteiger partial charge in [0.1, 0.15) is 11.1 Å². The smallest absolute Gasteiger partial charge is 0.166 e. The van der Waals surface area contributed by atoms with Gasteiger partial charge in [-0.2, -0.15) is 10.2 Å². The minimum atomic E-state index is -2.95. The number of nitrogens with zero attached hydrogens (tertiary/aromatic N) is 4. The molecule has 6 rings (SSSR count). The van der Waals surface area contributed by atoms with Gasteiger partial charge in [0.25, 0.3) is 0 Å². The Morgan fingerprint density at radius 1 is 1.12 bits per heavy atom. The molecular formula is C24H31N5O2S. The number of H-pyrrole nitrogens is 1. The Balaban J connectivity index is 1.24. The Bertz CT molecular complexity index is 1260. The summed E-state index contributed by atoms with van der Waals surface area (Å²) in [4.78, 5) is 2.30. The van der Waals surface area contributed by atoms with E-state index in [1.54, 1.807) is 4.68 Å². The van der Waals surface area contributed by atoms with E-state index in [9.17, 15) is 8.42 Å². The van der Waals surface area contributed by atoms with Crippen LogP contribution in [0.2, 0.25) is 0 Å². The van der Waals surface area contributed by atoms with E-state index in [1.807, 2.05) is 19.4 Å². The lowest BCUT2D eigenvalue weighted by molar-refractivity contribution is 0.258. The Hall–Kier alpha value is -2.19. The predicted octanol–water partition coefficient (Wildman–Crippen LogP) is 3.62. The molecule has 2 saturated heterocycles. The monoisotopic (exact) mass is 453 g/mol. The van der Waals surface area contributed by atoms with Crippen molar-refractivity contribution in [1.29, 1.82) is 0 Å². The Labute approximate surface area is 189 Å². The predicted molar refractivity (Wildman–Crippen MR) is 125 cm³/mol. The van der Waals surface area contributed by atoms with Crippen molar-refractivity contribution >= 4 is 20.7 Å². The Kier molecular flexibility index (Phi) is 4.73. The number of hydrogen-bond donors (Lipinski definition) is 1. The number of benzene rings is 1. The van der Waals surface area contributed by atoms with Crippen LogP contribution in [0.25, 0.3) is 22.2 Å². The number of sulfone groups is 1. The zero-order valence-corrected chi connectivity index (χ0v) is 19.6. The second-order valence-electron chi connectivity index (χ2n) is 10.2. The van der Waals surface area contributed by atoms with E-state index in [4.69, 9.17) is 0 Å². The van der Waals surface area contributed by atoms with E-state index in [1.165, 1.54) is 11.1 Å². The zero-order valence-electron chi connectivity index (χ0n) is 18.8. The third-order valence-corrected chi connectivity index (χ3v) is 10.3. The van der Waals surface area contributed by atoms with Crippen LogP contribution in [-0.4, -0.2) is 57.5 Å². The highest BCUT2D eigenvalue weighted by Crippen LogP contribution is 2.48. The van der Waals surface area contributed by atoms with Crippen LogP contribution in [0.5, 0.6) is 0 Å². The van der Waals surface area contributed by atoms with Crippen molar-refractivity contribution in [3.8, 4) is 11.3 Å². The zero-order chi connectivity index (χ0) is 22.0. The topological polar surface area (TPSA) is 83.9 Å². The van der Waals surface area contributed by atoms with Crippen LogP contribution >= 0.6 is 0 Å². The molecule has 7 nitrogen and oxygen atoms in total. The first-order valence-corrected chi connectivity index (χ1v) is 13.5. The molecule has 1 aromatic carbocycles. The number of fused-ring (bicyclic) bond motifs is 2. The molecule has 0 radical (unpaired) electrons. The molecule has 0 bridgehead atoms. The van der Waals surface area contributed by atoms with E-state index in [0.717, 1.165) is 67.4 Å². The van der Waals surface area contributed by atoms with Gasteiger partial charge in [0.05, 0.1) is 17.5 Å². The van der Waals surface area contributed by atoms with Crippen molar-refractivity contribution in [2.75, 3.05) is 18.8 Å². The van der Waals surface area contributed by atoms with E-state index in [-0.39, 0.29) is 5.37 Å². The lowest BCUT2D eigenvalue weighted by atomic mass is 9.90. The molecule has 2 aliphatic heterocycles. The van der Waals surface area contributed by atoms with Crippen molar-refractivity contribution in [1.82, 2.24) is 24.9 Å². The van der Waals surface area contributed by atoms with Crippen molar-refractivity contribution in [2.24, 2.45) is 18.9 Å². The van der Waals surface area contributed by atoms with E-state index < -0.39 is 9.84 Å². The van der Waals surface area contributed by atoms with Gasteiger partial charge in [-0.1, -0.05) is 0 Å². The summed E-state index contributed by atoms with van der Waals surface area (Å²) in [6.45, 7) is 4.09. The van der Waals surface area contributed by atoms with Crippen LogP contribution < -0.4 is 0 Å². The summed E-state index contributed by atoms with van der Waals surface area (Å²) < 4.78 is 27.0. The SMILES string of the molecule is Cc1cc2[nH]nc(-c3cnn(C)c3)c2cc1C1C[C@@H]2CN(C3CCCCS3(=O)=O)C[C@@H]2C1. The maximum atomic E-state index is 12.6. The van der Waals surface area contributed by atoms with Gasteiger partial charge in [-0.3, -0.25) is 14.7 Å². The number of aromatic amines is 1. The summed E-state index contributed by atoms with van der Waals surface area (Å²) >= 11 is 0. The summed E-state index contributed by atoms with van der Waals surface area (Å²) in [5, 5.41) is 13.0. The maximum absolute atomic E-state index is 12.6. The van der Waals surface area contributed by atoms with E-state index >= 15 is 0 Å². The minimum Gasteiger partial charge on any atom is -0.287 e. The first-order chi connectivity index (χ1) is 15.4.